The lowest BCUT2D eigenvalue weighted by Gasteiger charge is -2.25. The highest BCUT2D eigenvalue weighted by Gasteiger charge is 2.32. The van der Waals surface area contributed by atoms with Crippen LogP contribution in [0.4, 0.5) is 0 Å². The summed E-state index contributed by atoms with van der Waals surface area (Å²) < 4.78 is 0. The summed E-state index contributed by atoms with van der Waals surface area (Å²) in [5.74, 6) is 0.326. The van der Waals surface area contributed by atoms with E-state index in [1.807, 2.05) is 0 Å². The molecule has 16 heavy (non-hydrogen) atoms. The van der Waals surface area contributed by atoms with Gasteiger partial charge in [-0.3, -0.25) is 4.79 Å². The quantitative estimate of drug-likeness (QED) is 0.653. The largest absolute Gasteiger partial charge is 0.387 e. The number of nitrogens with one attached hydrogen (secondary N) is 2. The smallest absolute Gasteiger partial charge is 0.223 e. The zero-order valence-corrected chi connectivity index (χ0v) is 9.80. The summed E-state index contributed by atoms with van der Waals surface area (Å²) in [5, 5.41) is 16.1. The van der Waals surface area contributed by atoms with E-state index in [1.165, 1.54) is 19.3 Å². The Kier molecular flexibility index (Phi) is 3.82. The normalized spacial score (nSPS) is 31.6. The fourth-order valence-electron chi connectivity index (χ4n) is 2.64. The van der Waals surface area contributed by atoms with E-state index in [0.29, 0.717) is 13.1 Å². The van der Waals surface area contributed by atoms with Crippen LogP contribution < -0.4 is 10.6 Å². The molecule has 0 aromatic carbocycles. The Bertz CT molecular complexity index is 243. The van der Waals surface area contributed by atoms with Gasteiger partial charge in [-0.25, -0.2) is 0 Å². The van der Waals surface area contributed by atoms with Crippen LogP contribution in [0, 0.1) is 5.92 Å². The van der Waals surface area contributed by atoms with E-state index in [1.54, 1.807) is 0 Å². The molecule has 1 saturated heterocycles. The van der Waals surface area contributed by atoms with Crippen LogP contribution in [0.3, 0.4) is 0 Å². The molecule has 1 atom stereocenters. The molecule has 1 heterocycles. The second kappa shape index (κ2) is 5.15. The first-order valence-corrected chi connectivity index (χ1v) is 6.40. The molecule has 1 saturated carbocycles. The maximum atomic E-state index is 11.9. The summed E-state index contributed by atoms with van der Waals surface area (Å²) >= 11 is 0. The van der Waals surface area contributed by atoms with E-state index >= 15 is 0 Å². The van der Waals surface area contributed by atoms with Crippen molar-refractivity contribution in [3.63, 3.8) is 0 Å². The predicted molar refractivity (Wildman–Crippen MR) is 62.0 cm³/mol. The van der Waals surface area contributed by atoms with Gasteiger partial charge < -0.3 is 15.7 Å². The first-order valence-electron chi connectivity index (χ1n) is 6.40. The number of hydrogen-bond acceptors (Lipinski definition) is 3. The monoisotopic (exact) mass is 226 g/mol. The molecule has 4 heteroatoms. The van der Waals surface area contributed by atoms with Crippen LogP contribution in [0.15, 0.2) is 0 Å². The van der Waals surface area contributed by atoms with Gasteiger partial charge in [-0.05, 0) is 25.8 Å². The van der Waals surface area contributed by atoms with Crippen LogP contribution in [-0.2, 0) is 4.79 Å². The lowest BCUT2D eigenvalue weighted by molar-refractivity contribution is -0.127. The molecule has 3 N–H and O–H groups in total. The SMILES string of the molecule is O=C(NCC1(O)CCNC1)C1CCCCC1. The number of carbonyl (C=O) groups is 1. The van der Waals surface area contributed by atoms with Crippen molar-refractivity contribution in [3.8, 4) is 0 Å². The van der Waals surface area contributed by atoms with Crippen molar-refractivity contribution < 1.29 is 9.90 Å². The van der Waals surface area contributed by atoms with Gasteiger partial charge in [-0.15, -0.1) is 0 Å². The van der Waals surface area contributed by atoms with Crippen molar-refractivity contribution >= 4 is 5.91 Å². The molecular formula is C12H22N2O2. The molecule has 2 aliphatic rings. The summed E-state index contributed by atoms with van der Waals surface area (Å²) in [6, 6.07) is 0. The van der Waals surface area contributed by atoms with E-state index in [2.05, 4.69) is 10.6 Å². The molecule has 4 nitrogen and oxygen atoms in total. The lowest BCUT2D eigenvalue weighted by atomic mass is 9.88. The van der Waals surface area contributed by atoms with Crippen LogP contribution in [0.1, 0.15) is 38.5 Å². The van der Waals surface area contributed by atoms with Gasteiger partial charge in [0.1, 0.15) is 0 Å². The summed E-state index contributed by atoms with van der Waals surface area (Å²) in [7, 11) is 0. The van der Waals surface area contributed by atoms with Gasteiger partial charge in [0, 0.05) is 19.0 Å². The highest BCUT2D eigenvalue weighted by Crippen LogP contribution is 2.23. The van der Waals surface area contributed by atoms with Gasteiger partial charge in [0.25, 0.3) is 0 Å². The van der Waals surface area contributed by atoms with Crippen LogP contribution in [0.25, 0.3) is 0 Å². The summed E-state index contributed by atoms with van der Waals surface area (Å²) in [6.45, 7) is 1.84. The number of aliphatic hydroxyl groups is 1. The van der Waals surface area contributed by atoms with Crippen molar-refractivity contribution in [2.75, 3.05) is 19.6 Å². The second-order valence-corrected chi connectivity index (χ2v) is 5.20. The number of β-amino-alcohol motifs (C(OH)–C–C–N with tert-alkyl or cyclic N) is 1. The maximum Gasteiger partial charge on any atom is 0.223 e. The average Bonchev–Trinajstić information content (AvgIpc) is 2.75. The molecule has 2 fully saturated rings. The third-order valence-electron chi connectivity index (χ3n) is 3.79. The average molecular weight is 226 g/mol. The summed E-state index contributed by atoms with van der Waals surface area (Å²) in [5.41, 5.74) is -0.718. The van der Waals surface area contributed by atoms with Gasteiger partial charge in [-0.1, -0.05) is 19.3 Å². The van der Waals surface area contributed by atoms with Crippen LogP contribution >= 0.6 is 0 Å². The standard InChI is InChI=1S/C12H22N2O2/c15-11(10-4-2-1-3-5-10)14-9-12(16)6-7-13-8-12/h10,13,16H,1-9H2,(H,14,15). The molecule has 92 valence electrons. The number of hydrogen-bond donors (Lipinski definition) is 3. The van der Waals surface area contributed by atoms with Gasteiger partial charge in [0.05, 0.1) is 5.60 Å². The van der Waals surface area contributed by atoms with Gasteiger partial charge >= 0.3 is 0 Å². The molecule has 0 aromatic heterocycles. The Morgan fingerprint density at radius 2 is 2.12 bits per heavy atom. The molecule has 0 spiro atoms. The van der Waals surface area contributed by atoms with Crippen molar-refractivity contribution in [2.45, 2.75) is 44.1 Å². The molecule has 0 bridgehead atoms. The summed E-state index contributed by atoms with van der Waals surface area (Å²) in [4.78, 5) is 11.9. The van der Waals surface area contributed by atoms with E-state index in [-0.39, 0.29) is 11.8 Å². The van der Waals surface area contributed by atoms with Gasteiger partial charge in [-0.2, -0.15) is 0 Å². The predicted octanol–water partition coefficient (Wildman–Crippen LogP) is 0.407. The Morgan fingerprint density at radius 1 is 1.38 bits per heavy atom. The van der Waals surface area contributed by atoms with Gasteiger partial charge in [0.15, 0.2) is 0 Å². The highest BCUT2D eigenvalue weighted by atomic mass is 16.3. The van der Waals surface area contributed by atoms with Crippen molar-refractivity contribution in [2.24, 2.45) is 5.92 Å². The highest BCUT2D eigenvalue weighted by molar-refractivity contribution is 5.78. The van der Waals surface area contributed by atoms with Crippen molar-refractivity contribution in [3.05, 3.63) is 0 Å². The van der Waals surface area contributed by atoms with Crippen LogP contribution in [0.5, 0.6) is 0 Å². The minimum absolute atomic E-state index is 0.139. The van der Waals surface area contributed by atoms with Gasteiger partial charge in [0.2, 0.25) is 5.91 Å². The van der Waals surface area contributed by atoms with E-state index in [0.717, 1.165) is 25.8 Å². The number of rotatable bonds is 3. The molecule has 1 unspecified atom stereocenters. The molecule has 0 radical (unpaired) electrons. The first-order chi connectivity index (χ1) is 7.70. The molecule has 1 aliphatic heterocycles. The minimum atomic E-state index is -0.718. The molecular weight excluding hydrogens is 204 g/mol. The fraction of sp³-hybridized carbons (Fsp3) is 0.917. The molecule has 2 rings (SSSR count). The van der Waals surface area contributed by atoms with E-state index in [4.69, 9.17) is 0 Å². The second-order valence-electron chi connectivity index (χ2n) is 5.20. The number of carbonyl (C=O) groups excluding carboxylic acids is 1. The van der Waals surface area contributed by atoms with Crippen LogP contribution in [-0.4, -0.2) is 36.2 Å². The third-order valence-corrected chi connectivity index (χ3v) is 3.79. The molecule has 1 amide bonds. The Balaban J connectivity index is 1.74. The Hall–Kier alpha value is -0.610. The number of amides is 1. The Morgan fingerprint density at radius 3 is 2.75 bits per heavy atom. The van der Waals surface area contributed by atoms with E-state index < -0.39 is 5.60 Å². The molecule has 0 aromatic rings. The molecule has 1 aliphatic carbocycles. The topological polar surface area (TPSA) is 61.4 Å². The maximum absolute atomic E-state index is 11.9. The zero-order valence-electron chi connectivity index (χ0n) is 9.80. The fourth-order valence-corrected chi connectivity index (χ4v) is 2.64. The lowest BCUT2D eigenvalue weighted by Crippen LogP contribution is -2.46. The van der Waals surface area contributed by atoms with Crippen molar-refractivity contribution in [1.29, 1.82) is 0 Å². The van der Waals surface area contributed by atoms with Crippen molar-refractivity contribution in [1.82, 2.24) is 10.6 Å². The zero-order chi connectivity index (χ0) is 11.4. The van der Waals surface area contributed by atoms with Crippen LogP contribution in [0.2, 0.25) is 0 Å². The minimum Gasteiger partial charge on any atom is -0.387 e. The first kappa shape index (κ1) is 11.9. The van der Waals surface area contributed by atoms with E-state index in [9.17, 15) is 9.90 Å². The Labute approximate surface area is 96.8 Å². The summed E-state index contributed by atoms with van der Waals surface area (Å²) in [6.07, 6.45) is 6.37. The third kappa shape index (κ3) is 2.95.